The fourth-order valence-electron chi connectivity index (χ4n) is 2.36. The molecule has 0 bridgehead atoms. The van der Waals surface area contributed by atoms with Crippen LogP contribution in [-0.4, -0.2) is 42.5 Å². The molecule has 0 aromatic heterocycles. The average Bonchev–Trinajstić information content (AvgIpc) is 2.72. The SMILES string of the molecule is COc1cc(/C=N/NC(=O)c2ccc(O)c(Cl)c2)cc(C#CCCC(=O)O)c1OC. The van der Waals surface area contributed by atoms with Gasteiger partial charge in [-0.25, -0.2) is 5.43 Å². The van der Waals surface area contributed by atoms with Gasteiger partial charge < -0.3 is 19.7 Å². The molecule has 0 radical (unpaired) electrons. The Morgan fingerprint density at radius 1 is 1.23 bits per heavy atom. The number of amides is 1. The van der Waals surface area contributed by atoms with E-state index in [1.54, 1.807) is 12.1 Å². The molecular formula is C21H19ClN2O6. The number of ether oxygens (including phenoxy) is 2. The fraction of sp³-hybridized carbons (Fsp3) is 0.190. The Labute approximate surface area is 178 Å². The second kappa shape index (κ2) is 10.7. The topological polar surface area (TPSA) is 117 Å². The van der Waals surface area contributed by atoms with Crippen LogP contribution in [0.5, 0.6) is 17.2 Å². The minimum atomic E-state index is -0.930. The van der Waals surface area contributed by atoms with Crippen molar-refractivity contribution in [3.05, 3.63) is 52.0 Å². The van der Waals surface area contributed by atoms with E-state index < -0.39 is 11.9 Å². The Bertz CT molecular complexity index is 1040. The van der Waals surface area contributed by atoms with Gasteiger partial charge in [0, 0.05) is 12.0 Å². The number of hydrogen-bond acceptors (Lipinski definition) is 6. The van der Waals surface area contributed by atoms with Gasteiger partial charge in [0.2, 0.25) is 0 Å². The third-order valence-electron chi connectivity index (χ3n) is 3.78. The van der Waals surface area contributed by atoms with Crippen LogP contribution in [0, 0.1) is 11.8 Å². The van der Waals surface area contributed by atoms with Gasteiger partial charge in [0.15, 0.2) is 11.5 Å². The van der Waals surface area contributed by atoms with Gasteiger partial charge in [-0.2, -0.15) is 5.10 Å². The summed E-state index contributed by atoms with van der Waals surface area (Å²) in [7, 11) is 2.94. The third kappa shape index (κ3) is 6.15. The smallest absolute Gasteiger partial charge is 0.304 e. The molecule has 1 amide bonds. The number of aromatic hydroxyl groups is 1. The number of halogens is 1. The largest absolute Gasteiger partial charge is 0.506 e. The third-order valence-corrected chi connectivity index (χ3v) is 4.08. The van der Waals surface area contributed by atoms with Gasteiger partial charge >= 0.3 is 5.97 Å². The lowest BCUT2D eigenvalue weighted by Gasteiger charge is -2.10. The highest BCUT2D eigenvalue weighted by molar-refractivity contribution is 6.32. The normalized spacial score (nSPS) is 10.2. The lowest BCUT2D eigenvalue weighted by molar-refractivity contribution is -0.136. The number of carbonyl (C=O) groups is 2. The van der Waals surface area contributed by atoms with Crippen molar-refractivity contribution < 1.29 is 29.3 Å². The van der Waals surface area contributed by atoms with E-state index >= 15 is 0 Å². The molecule has 30 heavy (non-hydrogen) atoms. The summed E-state index contributed by atoms with van der Waals surface area (Å²) in [5.41, 5.74) is 3.65. The highest BCUT2D eigenvalue weighted by Crippen LogP contribution is 2.31. The van der Waals surface area contributed by atoms with Gasteiger partial charge in [0.1, 0.15) is 5.75 Å². The maximum absolute atomic E-state index is 12.1. The number of nitrogens with zero attached hydrogens (tertiary/aromatic N) is 1. The Kier molecular flexibility index (Phi) is 8.08. The fourth-order valence-corrected chi connectivity index (χ4v) is 2.54. The highest BCUT2D eigenvalue weighted by Gasteiger charge is 2.11. The average molecular weight is 431 g/mol. The summed E-state index contributed by atoms with van der Waals surface area (Å²) in [5, 5.41) is 22.1. The van der Waals surface area contributed by atoms with Crippen molar-refractivity contribution in [3.8, 4) is 29.1 Å². The molecule has 8 nitrogen and oxygen atoms in total. The maximum atomic E-state index is 12.1. The number of carbonyl (C=O) groups excluding carboxylic acids is 1. The molecule has 0 heterocycles. The van der Waals surface area contributed by atoms with E-state index in [2.05, 4.69) is 22.4 Å². The van der Waals surface area contributed by atoms with Gasteiger partial charge in [-0.15, -0.1) is 0 Å². The molecule has 0 fully saturated rings. The van der Waals surface area contributed by atoms with E-state index in [1.165, 1.54) is 38.6 Å². The highest BCUT2D eigenvalue weighted by atomic mass is 35.5. The standard InChI is InChI=1S/C21H19ClN2O6/c1-29-18-10-13(9-14(20(18)30-2)5-3-4-6-19(26)27)12-23-24-21(28)15-7-8-17(25)16(22)11-15/h7-12,25H,4,6H2,1-2H3,(H,24,28)(H,26,27)/b23-12+. The predicted molar refractivity (Wildman–Crippen MR) is 111 cm³/mol. The molecule has 0 aliphatic heterocycles. The van der Waals surface area contributed by atoms with E-state index in [-0.39, 0.29) is 29.2 Å². The molecule has 2 aromatic rings. The van der Waals surface area contributed by atoms with Crippen molar-refractivity contribution in [2.75, 3.05) is 14.2 Å². The number of phenols is 1. The summed E-state index contributed by atoms with van der Waals surface area (Å²) < 4.78 is 10.6. The number of carboxylic acid groups (broad SMARTS) is 1. The van der Waals surface area contributed by atoms with Crippen molar-refractivity contribution in [1.82, 2.24) is 5.43 Å². The number of benzene rings is 2. The van der Waals surface area contributed by atoms with Crippen molar-refractivity contribution in [3.63, 3.8) is 0 Å². The van der Waals surface area contributed by atoms with Gasteiger partial charge in [-0.1, -0.05) is 23.4 Å². The Hall–Kier alpha value is -3.70. The number of phenolic OH excluding ortho intramolecular Hbond substituents is 1. The molecule has 0 atom stereocenters. The number of carboxylic acids is 1. The summed E-state index contributed by atoms with van der Waals surface area (Å²) in [5.74, 6) is 4.88. The van der Waals surface area contributed by atoms with Crippen LogP contribution >= 0.6 is 11.6 Å². The van der Waals surface area contributed by atoms with Gasteiger partial charge in [-0.05, 0) is 35.9 Å². The van der Waals surface area contributed by atoms with Crippen LogP contribution in [0.2, 0.25) is 5.02 Å². The molecule has 0 saturated carbocycles. The molecule has 0 aliphatic rings. The number of aliphatic carboxylic acids is 1. The Morgan fingerprint density at radius 2 is 2.00 bits per heavy atom. The van der Waals surface area contributed by atoms with E-state index in [9.17, 15) is 14.7 Å². The lowest BCUT2D eigenvalue weighted by atomic mass is 10.1. The second-order valence-electron chi connectivity index (χ2n) is 5.86. The predicted octanol–water partition coefficient (Wildman–Crippen LogP) is 3.04. The molecule has 0 spiro atoms. The first-order valence-electron chi connectivity index (χ1n) is 8.64. The summed E-state index contributed by atoms with van der Waals surface area (Å²) in [6.45, 7) is 0. The monoisotopic (exact) mass is 430 g/mol. The first-order chi connectivity index (χ1) is 14.3. The van der Waals surface area contributed by atoms with Crippen molar-refractivity contribution in [1.29, 1.82) is 0 Å². The molecule has 0 unspecified atom stereocenters. The van der Waals surface area contributed by atoms with Gasteiger partial charge in [0.25, 0.3) is 5.91 Å². The van der Waals surface area contributed by atoms with Crippen LogP contribution in [0.3, 0.4) is 0 Å². The molecule has 2 aromatic carbocycles. The summed E-state index contributed by atoms with van der Waals surface area (Å²) in [4.78, 5) is 22.8. The van der Waals surface area contributed by atoms with Crippen LogP contribution in [-0.2, 0) is 4.79 Å². The number of hydrogen-bond donors (Lipinski definition) is 3. The summed E-state index contributed by atoms with van der Waals surface area (Å²) >= 11 is 5.80. The number of rotatable bonds is 7. The van der Waals surface area contributed by atoms with Crippen LogP contribution < -0.4 is 14.9 Å². The summed E-state index contributed by atoms with van der Waals surface area (Å²) in [6, 6.07) is 7.36. The van der Waals surface area contributed by atoms with E-state index in [4.69, 9.17) is 26.2 Å². The number of nitrogens with one attached hydrogen (secondary N) is 1. The first-order valence-corrected chi connectivity index (χ1v) is 9.02. The minimum Gasteiger partial charge on any atom is -0.506 e. The van der Waals surface area contributed by atoms with Gasteiger partial charge in [0.05, 0.1) is 37.4 Å². The number of methoxy groups -OCH3 is 2. The van der Waals surface area contributed by atoms with Crippen molar-refractivity contribution in [2.24, 2.45) is 5.10 Å². The zero-order valence-electron chi connectivity index (χ0n) is 16.2. The molecule has 2 rings (SSSR count). The van der Waals surface area contributed by atoms with E-state index in [0.717, 1.165) is 0 Å². The maximum Gasteiger partial charge on any atom is 0.304 e. The lowest BCUT2D eigenvalue weighted by Crippen LogP contribution is -2.17. The molecule has 9 heteroatoms. The summed E-state index contributed by atoms with van der Waals surface area (Å²) in [6.07, 6.45) is 1.51. The molecule has 3 N–H and O–H groups in total. The Balaban J connectivity index is 2.21. The van der Waals surface area contributed by atoms with Crippen LogP contribution in [0.4, 0.5) is 0 Å². The molecular weight excluding hydrogens is 412 g/mol. The van der Waals surface area contributed by atoms with Gasteiger partial charge in [-0.3, -0.25) is 9.59 Å². The van der Waals surface area contributed by atoms with Crippen molar-refractivity contribution >= 4 is 29.7 Å². The quantitative estimate of drug-likeness (QED) is 0.353. The molecule has 0 saturated heterocycles. The zero-order valence-corrected chi connectivity index (χ0v) is 17.0. The van der Waals surface area contributed by atoms with Crippen LogP contribution in [0.25, 0.3) is 0 Å². The van der Waals surface area contributed by atoms with Crippen LogP contribution in [0.1, 0.15) is 34.3 Å². The first kappa shape index (κ1) is 22.6. The van der Waals surface area contributed by atoms with E-state index in [0.29, 0.717) is 22.6 Å². The van der Waals surface area contributed by atoms with Crippen LogP contribution in [0.15, 0.2) is 35.4 Å². The zero-order chi connectivity index (χ0) is 22.1. The molecule has 156 valence electrons. The minimum absolute atomic E-state index is 0.0534. The Morgan fingerprint density at radius 3 is 2.63 bits per heavy atom. The van der Waals surface area contributed by atoms with Crippen molar-refractivity contribution in [2.45, 2.75) is 12.8 Å². The number of hydrazone groups is 1. The molecule has 0 aliphatic carbocycles. The second-order valence-corrected chi connectivity index (χ2v) is 6.27. The van der Waals surface area contributed by atoms with E-state index in [1.807, 2.05) is 0 Å².